The summed E-state index contributed by atoms with van der Waals surface area (Å²) in [4.78, 5) is 13.9. The SMILES string of the molecule is C[C@@H]1CN(C(=O)c2cccc(F)c2Cl)CCN1. The van der Waals surface area contributed by atoms with Crippen molar-refractivity contribution in [3.63, 3.8) is 0 Å². The zero-order valence-corrected chi connectivity index (χ0v) is 10.3. The first kappa shape index (κ1) is 12.3. The minimum atomic E-state index is -0.555. The monoisotopic (exact) mass is 256 g/mol. The number of benzene rings is 1. The molecule has 1 saturated heterocycles. The van der Waals surface area contributed by atoms with Gasteiger partial charge >= 0.3 is 0 Å². The molecule has 3 nitrogen and oxygen atoms in total. The molecule has 92 valence electrons. The third-order valence-electron chi connectivity index (χ3n) is 2.84. The van der Waals surface area contributed by atoms with Gasteiger partial charge in [-0.05, 0) is 19.1 Å². The van der Waals surface area contributed by atoms with Gasteiger partial charge in [-0.15, -0.1) is 0 Å². The van der Waals surface area contributed by atoms with E-state index in [4.69, 9.17) is 11.6 Å². The molecule has 0 spiro atoms. The second kappa shape index (κ2) is 5.02. The minimum Gasteiger partial charge on any atom is -0.336 e. The zero-order chi connectivity index (χ0) is 12.4. The molecule has 0 unspecified atom stereocenters. The normalized spacial score (nSPS) is 20.4. The first-order valence-electron chi connectivity index (χ1n) is 5.56. The molecule has 5 heteroatoms. The quantitative estimate of drug-likeness (QED) is 0.833. The van der Waals surface area contributed by atoms with E-state index >= 15 is 0 Å². The van der Waals surface area contributed by atoms with E-state index in [1.807, 2.05) is 6.92 Å². The molecule has 1 amide bonds. The first-order valence-corrected chi connectivity index (χ1v) is 5.94. The molecule has 0 bridgehead atoms. The number of carbonyl (C=O) groups excluding carboxylic acids is 1. The van der Waals surface area contributed by atoms with Crippen molar-refractivity contribution in [1.29, 1.82) is 0 Å². The predicted molar refractivity (Wildman–Crippen MR) is 64.8 cm³/mol. The summed E-state index contributed by atoms with van der Waals surface area (Å²) in [5.41, 5.74) is 0.237. The van der Waals surface area contributed by atoms with Crippen LogP contribution in [0.2, 0.25) is 5.02 Å². The second-order valence-corrected chi connectivity index (χ2v) is 4.59. The Morgan fingerprint density at radius 3 is 3.06 bits per heavy atom. The largest absolute Gasteiger partial charge is 0.336 e. The van der Waals surface area contributed by atoms with Crippen molar-refractivity contribution < 1.29 is 9.18 Å². The van der Waals surface area contributed by atoms with Gasteiger partial charge in [0.1, 0.15) is 5.82 Å². The number of rotatable bonds is 1. The van der Waals surface area contributed by atoms with Crippen LogP contribution in [0, 0.1) is 5.82 Å². The van der Waals surface area contributed by atoms with Crippen LogP contribution >= 0.6 is 11.6 Å². The Balaban J connectivity index is 2.22. The zero-order valence-electron chi connectivity index (χ0n) is 9.54. The van der Waals surface area contributed by atoms with E-state index in [1.165, 1.54) is 12.1 Å². The van der Waals surface area contributed by atoms with Crippen LogP contribution in [-0.2, 0) is 0 Å². The molecule has 0 radical (unpaired) electrons. The lowest BCUT2D eigenvalue weighted by Gasteiger charge is -2.32. The fraction of sp³-hybridized carbons (Fsp3) is 0.417. The highest BCUT2D eigenvalue weighted by molar-refractivity contribution is 6.34. The van der Waals surface area contributed by atoms with Crippen molar-refractivity contribution in [2.75, 3.05) is 19.6 Å². The van der Waals surface area contributed by atoms with E-state index < -0.39 is 5.82 Å². The van der Waals surface area contributed by atoms with Crippen LogP contribution in [0.4, 0.5) is 4.39 Å². The standard InChI is InChI=1S/C12H14ClFN2O/c1-8-7-16(6-5-15-8)12(17)9-3-2-4-10(14)11(9)13/h2-4,8,15H,5-7H2,1H3/t8-/m1/s1. The maximum Gasteiger partial charge on any atom is 0.255 e. The van der Waals surface area contributed by atoms with Gasteiger partial charge in [0.15, 0.2) is 0 Å². The molecule has 1 N–H and O–H groups in total. The molecule has 17 heavy (non-hydrogen) atoms. The minimum absolute atomic E-state index is 0.0938. The summed E-state index contributed by atoms with van der Waals surface area (Å²) in [5.74, 6) is -0.761. The van der Waals surface area contributed by atoms with Crippen LogP contribution in [0.25, 0.3) is 0 Å². The molecule has 1 aromatic carbocycles. The first-order chi connectivity index (χ1) is 8.09. The van der Waals surface area contributed by atoms with Gasteiger partial charge in [-0.2, -0.15) is 0 Å². The summed E-state index contributed by atoms with van der Waals surface area (Å²) in [7, 11) is 0. The van der Waals surface area contributed by atoms with Crippen LogP contribution in [0.15, 0.2) is 18.2 Å². The number of piperazine rings is 1. The molecule has 1 aliphatic heterocycles. The highest BCUT2D eigenvalue weighted by Crippen LogP contribution is 2.21. The van der Waals surface area contributed by atoms with E-state index in [1.54, 1.807) is 11.0 Å². The molecule has 1 fully saturated rings. The highest BCUT2D eigenvalue weighted by atomic mass is 35.5. The fourth-order valence-corrected chi connectivity index (χ4v) is 2.16. The van der Waals surface area contributed by atoms with Gasteiger partial charge in [-0.1, -0.05) is 17.7 Å². The van der Waals surface area contributed by atoms with Gasteiger partial charge in [-0.25, -0.2) is 4.39 Å². The smallest absolute Gasteiger partial charge is 0.255 e. The van der Waals surface area contributed by atoms with E-state index in [0.717, 1.165) is 6.54 Å². The van der Waals surface area contributed by atoms with Crippen LogP contribution in [0.3, 0.4) is 0 Å². The van der Waals surface area contributed by atoms with Gasteiger partial charge in [-0.3, -0.25) is 4.79 Å². The Morgan fingerprint density at radius 1 is 1.59 bits per heavy atom. The Morgan fingerprint density at radius 2 is 2.35 bits per heavy atom. The Hall–Kier alpha value is -1.13. The number of hydrogen-bond acceptors (Lipinski definition) is 2. The van der Waals surface area contributed by atoms with E-state index in [0.29, 0.717) is 13.1 Å². The number of hydrogen-bond donors (Lipinski definition) is 1. The summed E-state index contributed by atoms with van der Waals surface area (Å²) >= 11 is 5.81. The number of carbonyl (C=O) groups is 1. The van der Waals surface area contributed by atoms with Crippen LogP contribution in [-0.4, -0.2) is 36.5 Å². The van der Waals surface area contributed by atoms with Crippen molar-refractivity contribution >= 4 is 17.5 Å². The van der Waals surface area contributed by atoms with E-state index in [9.17, 15) is 9.18 Å². The highest BCUT2D eigenvalue weighted by Gasteiger charge is 2.23. The lowest BCUT2D eigenvalue weighted by atomic mass is 10.1. The lowest BCUT2D eigenvalue weighted by molar-refractivity contribution is 0.0709. The summed E-state index contributed by atoms with van der Waals surface area (Å²) in [6, 6.07) is 4.56. The topological polar surface area (TPSA) is 32.3 Å². The van der Waals surface area contributed by atoms with Gasteiger partial charge < -0.3 is 10.2 Å². The molecule has 1 atom stereocenters. The van der Waals surface area contributed by atoms with E-state index in [-0.39, 0.29) is 22.5 Å². The summed E-state index contributed by atoms with van der Waals surface area (Å²) in [6.07, 6.45) is 0. The van der Waals surface area contributed by atoms with Crippen molar-refractivity contribution in [3.05, 3.63) is 34.6 Å². The van der Waals surface area contributed by atoms with Crippen molar-refractivity contribution in [1.82, 2.24) is 10.2 Å². The average Bonchev–Trinajstić information content (AvgIpc) is 2.32. The third kappa shape index (κ3) is 2.58. The van der Waals surface area contributed by atoms with Crippen molar-refractivity contribution in [2.45, 2.75) is 13.0 Å². The number of nitrogens with one attached hydrogen (secondary N) is 1. The molecule has 1 heterocycles. The molecule has 0 aliphatic carbocycles. The van der Waals surface area contributed by atoms with Crippen LogP contribution in [0.5, 0.6) is 0 Å². The van der Waals surface area contributed by atoms with Gasteiger partial charge in [0.2, 0.25) is 0 Å². The lowest BCUT2D eigenvalue weighted by Crippen LogP contribution is -2.51. The molecular formula is C12H14ClFN2O. The van der Waals surface area contributed by atoms with Crippen molar-refractivity contribution in [3.8, 4) is 0 Å². The molecule has 1 aliphatic rings. The maximum absolute atomic E-state index is 13.3. The molecule has 1 aromatic rings. The maximum atomic E-state index is 13.3. The van der Waals surface area contributed by atoms with Crippen LogP contribution < -0.4 is 5.32 Å². The Bertz CT molecular complexity index is 439. The Kier molecular flexibility index (Phi) is 3.64. The number of halogens is 2. The number of amides is 1. The van der Waals surface area contributed by atoms with Gasteiger partial charge in [0.25, 0.3) is 5.91 Å². The Labute approximate surface area is 105 Å². The summed E-state index contributed by atoms with van der Waals surface area (Å²) < 4.78 is 13.3. The molecular weight excluding hydrogens is 243 g/mol. The number of nitrogens with zero attached hydrogens (tertiary/aromatic N) is 1. The fourth-order valence-electron chi connectivity index (χ4n) is 1.96. The third-order valence-corrected chi connectivity index (χ3v) is 3.22. The van der Waals surface area contributed by atoms with Gasteiger partial charge in [0, 0.05) is 25.7 Å². The van der Waals surface area contributed by atoms with E-state index in [2.05, 4.69) is 5.32 Å². The average molecular weight is 257 g/mol. The summed E-state index contributed by atoms with van der Waals surface area (Å²) in [6.45, 7) is 3.99. The van der Waals surface area contributed by atoms with Crippen molar-refractivity contribution in [2.24, 2.45) is 0 Å². The second-order valence-electron chi connectivity index (χ2n) is 4.21. The molecule has 0 aromatic heterocycles. The van der Waals surface area contributed by atoms with Gasteiger partial charge in [0.05, 0.1) is 10.6 Å². The predicted octanol–water partition coefficient (Wildman–Crippen LogP) is 1.91. The van der Waals surface area contributed by atoms with Crippen LogP contribution in [0.1, 0.15) is 17.3 Å². The summed E-state index contributed by atoms with van der Waals surface area (Å²) in [5, 5.41) is 3.15. The molecule has 0 saturated carbocycles. The molecule has 2 rings (SSSR count).